The number of aliphatic hydroxyl groups excluding tert-OH is 1. The molecular weight excluding hydrogens is 677 g/mol. The lowest BCUT2D eigenvalue weighted by molar-refractivity contribution is -0.137. The van der Waals surface area contributed by atoms with Crippen molar-refractivity contribution in [1.82, 2.24) is 16.0 Å². The van der Waals surface area contributed by atoms with Crippen LogP contribution in [0.3, 0.4) is 0 Å². The number of carbonyl (C=O) groups excluding carboxylic acids is 2. The van der Waals surface area contributed by atoms with Gasteiger partial charge in [0.15, 0.2) is 0 Å². The SMILES string of the molecule is O=C(NCc1ccccc1)c1cc(Br)cc(C(=O)NC(COc2cc(F)cc(F)c2)C(O)CNCc2cccc(C(F)(F)F)c2)c1. The third kappa shape index (κ3) is 10.4. The summed E-state index contributed by atoms with van der Waals surface area (Å²) in [6, 6.07) is 19.6. The van der Waals surface area contributed by atoms with Gasteiger partial charge in [0.05, 0.1) is 17.7 Å². The molecule has 2 unspecified atom stereocenters. The lowest BCUT2D eigenvalue weighted by Crippen LogP contribution is -2.50. The maximum atomic E-state index is 13.7. The van der Waals surface area contributed by atoms with Gasteiger partial charge in [-0.3, -0.25) is 9.59 Å². The number of hydrogen-bond acceptors (Lipinski definition) is 5. The monoisotopic (exact) mass is 705 g/mol. The van der Waals surface area contributed by atoms with Crippen LogP contribution in [0.15, 0.2) is 95.5 Å². The van der Waals surface area contributed by atoms with Crippen molar-refractivity contribution in [3.8, 4) is 5.75 Å². The van der Waals surface area contributed by atoms with Gasteiger partial charge in [-0.1, -0.05) is 64.5 Å². The maximum Gasteiger partial charge on any atom is 0.416 e. The van der Waals surface area contributed by atoms with Gasteiger partial charge in [-0.05, 0) is 35.4 Å². The molecule has 0 aliphatic heterocycles. The van der Waals surface area contributed by atoms with Gasteiger partial charge in [0.25, 0.3) is 11.8 Å². The van der Waals surface area contributed by atoms with E-state index in [2.05, 4.69) is 31.9 Å². The molecule has 0 fully saturated rings. The summed E-state index contributed by atoms with van der Waals surface area (Å²) in [5.74, 6) is -3.13. The van der Waals surface area contributed by atoms with E-state index in [9.17, 15) is 36.6 Å². The van der Waals surface area contributed by atoms with Gasteiger partial charge >= 0.3 is 6.18 Å². The van der Waals surface area contributed by atoms with Gasteiger partial charge in [-0.2, -0.15) is 13.2 Å². The second-order valence-corrected chi connectivity index (χ2v) is 11.2. The molecule has 4 aromatic carbocycles. The standard InChI is InChI=1S/C33H29BrF5N3O4/c34-25-11-22(31(44)41-17-20-5-2-1-3-6-20)10-23(12-25)32(45)42-29(19-46-28-14-26(35)13-27(36)15-28)30(43)18-40-16-21-7-4-8-24(9-21)33(37,38)39/h1-15,29-30,40,43H,16-19H2,(H,41,44)(H,42,45). The van der Waals surface area contributed by atoms with Crippen molar-refractivity contribution in [3.05, 3.63) is 135 Å². The van der Waals surface area contributed by atoms with Gasteiger partial charge in [0.1, 0.15) is 24.0 Å². The van der Waals surface area contributed by atoms with E-state index in [1.165, 1.54) is 30.3 Å². The van der Waals surface area contributed by atoms with Crippen molar-refractivity contribution in [3.63, 3.8) is 0 Å². The molecule has 0 saturated heterocycles. The zero-order valence-corrected chi connectivity index (χ0v) is 25.7. The van der Waals surface area contributed by atoms with Crippen LogP contribution in [0.25, 0.3) is 0 Å². The Bertz CT molecular complexity index is 1640. The number of amides is 2. The maximum absolute atomic E-state index is 13.7. The molecule has 2 amide bonds. The zero-order chi connectivity index (χ0) is 33.3. The third-order valence-corrected chi connectivity index (χ3v) is 7.16. The number of carbonyl (C=O) groups is 2. The lowest BCUT2D eigenvalue weighted by atomic mass is 10.1. The summed E-state index contributed by atoms with van der Waals surface area (Å²) in [6.45, 7) is -0.411. The molecule has 7 nitrogen and oxygen atoms in total. The molecule has 0 aliphatic carbocycles. The van der Waals surface area contributed by atoms with Gasteiger partial charge < -0.3 is 25.8 Å². The molecule has 0 spiro atoms. The number of halogens is 6. The summed E-state index contributed by atoms with van der Waals surface area (Å²) in [4.78, 5) is 26.2. The Morgan fingerprint density at radius 2 is 1.46 bits per heavy atom. The molecule has 242 valence electrons. The number of rotatable bonds is 13. The molecule has 0 radical (unpaired) electrons. The van der Waals surface area contributed by atoms with Crippen LogP contribution in [-0.2, 0) is 19.3 Å². The van der Waals surface area contributed by atoms with Crippen LogP contribution in [0.4, 0.5) is 22.0 Å². The first-order chi connectivity index (χ1) is 21.9. The second kappa shape index (κ2) is 15.8. The summed E-state index contributed by atoms with van der Waals surface area (Å²) < 4.78 is 72.6. The average Bonchev–Trinajstić information content (AvgIpc) is 3.01. The van der Waals surface area contributed by atoms with Crippen LogP contribution in [-0.4, -0.2) is 42.2 Å². The van der Waals surface area contributed by atoms with Crippen molar-refractivity contribution in [2.24, 2.45) is 0 Å². The van der Waals surface area contributed by atoms with Crippen molar-refractivity contribution in [1.29, 1.82) is 0 Å². The summed E-state index contributed by atoms with van der Waals surface area (Å²) >= 11 is 3.30. The highest BCUT2D eigenvalue weighted by Crippen LogP contribution is 2.29. The Labute approximate surface area is 269 Å². The minimum Gasteiger partial charge on any atom is -0.491 e. The summed E-state index contributed by atoms with van der Waals surface area (Å²) in [6.07, 6.45) is -5.89. The smallest absolute Gasteiger partial charge is 0.416 e. The zero-order valence-electron chi connectivity index (χ0n) is 24.1. The summed E-state index contributed by atoms with van der Waals surface area (Å²) in [5, 5.41) is 19.2. The lowest BCUT2D eigenvalue weighted by Gasteiger charge is -2.25. The first-order valence-electron chi connectivity index (χ1n) is 13.9. The van der Waals surface area contributed by atoms with E-state index in [-0.39, 0.29) is 36.5 Å². The second-order valence-electron chi connectivity index (χ2n) is 10.3. The highest BCUT2D eigenvalue weighted by Gasteiger charge is 2.30. The largest absolute Gasteiger partial charge is 0.491 e. The van der Waals surface area contributed by atoms with E-state index in [0.717, 1.165) is 29.8 Å². The van der Waals surface area contributed by atoms with Crippen LogP contribution >= 0.6 is 15.9 Å². The molecule has 0 heterocycles. The molecule has 4 rings (SSSR count). The van der Waals surface area contributed by atoms with E-state index < -0.39 is 53.9 Å². The fraction of sp³-hybridized carbons (Fsp3) is 0.212. The van der Waals surface area contributed by atoms with Crippen LogP contribution in [0, 0.1) is 11.6 Å². The molecule has 13 heteroatoms. The number of ether oxygens (including phenoxy) is 1. The van der Waals surface area contributed by atoms with Crippen molar-refractivity contribution in [2.45, 2.75) is 31.4 Å². The van der Waals surface area contributed by atoms with Gasteiger partial charge in [0, 0.05) is 53.4 Å². The Morgan fingerprint density at radius 1 is 0.804 bits per heavy atom. The minimum absolute atomic E-state index is 0.0370. The number of benzene rings is 4. The van der Waals surface area contributed by atoms with Crippen molar-refractivity contribution in [2.75, 3.05) is 13.2 Å². The molecule has 0 aromatic heterocycles. The Balaban J connectivity index is 1.46. The van der Waals surface area contributed by atoms with Crippen LogP contribution in [0.1, 0.15) is 37.4 Å². The van der Waals surface area contributed by atoms with Gasteiger partial charge in [0.2, 0.25) is 0 Å². The predicted molar refractivity (Wildman–Crippen MR) is 164 cm³/mol. The normalized spacial score (nSPS) is 12.7. The van der Waals surface area contributed by atoms with E-state index in [1.54, 1.807) is 0 Å². The average molecular weight is 707 g/mol. The molecular formula is C33H29BrF5N3O4. The Kier molecular flexibility index (Phi) is 11.9. The minimum atomic E-state index is -4.52. The fourth-order valence-corrected chi connectivity index (χ4v) is 4.89. The predicted octanol–water partition coefficient (Wildman–Crippen LogP) is 6.00. The summed E-state index contributed by atoms with van der Waals surface area (Å²) in [7, 11) is 0. The number of hydrogen-bond donors (Lipinski definition) is 4. The molecule has 0 saturated carbocycles. The number of alkyl halides is 3. The van der Waals surface area contributed by atoms with E-state index in [4.69, 9.17) is 4.74 Å². The fourth-order valence-electron chi connectivity index (χ4n) is 4.39. The highest BCUT2D eigenvalue weighted by molar-refractivity contribution is 9.10. The van der Waals surface area contributed by atoms with E-state index in [1.807, 2.05) is 30.3 Å². The highest BCUT2D eigenvalue weighted by atomic mass is 79.9. The van der Waals surface area contributed by atoms with E-state index >= 15 is 0 Å². The third-order valence-electron chi connectivity index (χ3n) is 6.70. The molecule has 4 N–H and O–H groups in total. The van der Waals surface area contributed by atoms with E-state index in [0.29, 0.717) is 16.1 Å². The van der Waals surface area contributed by atoms with Crippen molar-refractivity contribution < 1.29 is 41.4 Å². The van der Waals surface area contributed by atoms with Crippen molar-refractivity contribution >= 4 is 27.7 Å². The Hall–Kier alpha value is -4.33. The number of nitrogens with one attached hydrogen (secondary N) is 3. The molecule has 0 aliphatic rings. The van der Waals surface area contributed by atoms with Gasteiger partial charge in [-0.25, -0.2) is 8.78 Å². The quantitative estimate of drug-likeness (QED) is 0.128. The number of aliphatic hydroxyl groups is 1. The summed E-state index contributed by atoms with van der Waals surface area (Å²) in [5.41, 5.74) is 0.601. The van der Waals surface area contributed by atoms with Crippen LogP contribution < -0.4 is 20.7 Å². The molecule has 4 aromatic rings. The first kappa shape index (κ1) is 34.5. The Morgan fingerprint density at radius 3 is 2.13 bits per heavy atom. The van der Waals surface area contributed by atoms with Gasteiger partial charge in [-0.15, -0.1) is 0 Å². The topological polar surface area (TPSA) is 99.7 Å². The molecule has 0 bridgehead atoms. The van der Waals surface area contributed by atoms with Crippen LogP contribution in [0.5, 0.6) is 5.75 Å². The first-order valence-corrected chi connectivity index (χ1v) is 14.7. The molecule has 2 atom stereocenters. The van der Waals surface area contributed by atoms with Crippen LogP contribution in [0.2, 0.25) is 0 Å². The molecule has 46 heavy (non-hydrogen) atoms.